The minimum Gasteiger partial charge on any atom is -0.475 e. The highest BCUT2D eigenvalue weighted by molar-refractivity contribution is 5.75. The van der Waals surface area contributed by atoms with Crippen LogP contribution < -0.4 is 21.5 Å². The summed E-state index contributed by atoms with van der Waals surface area (Å²) in [5, 5.41) is 19.3. The van der Waals surface area contributed by atoms with Crippen LogP contribution in [-0.2, 0) is 24.9 Å². The van der Waals surface area contributed by atoms with Crippen LogP contribution >= 0.6 is 0 Å². The molecule has 31 heavy (non-hydrogen) atoms. The maximum Gasteiger partial charge on any atom is 0.490 e. The quantitative estimate of drug-likeness (QED) is 0.612. The summed E-state index contributed by atoms with van der Waals surface area (Å²) in [6.07, 6.45) is -3.40. The van der Waals surface area contributed by atoms with E-state index >= 15 is 0 Å². The fourth-order valence-corrected chi connectivity index (χ4v) is 2.98. The van der Waals surface area contributed by atoms with Crippen LogP contribution in [0.25, 0.3) is 11.2 Å². The number of allylic oxidation sites excluding steroid dienone is 1. The third-order valence-electron chi connectivity index (χ3n) is 4.40. The first-order valence-electron chi connectivity index (χ1n) is 8.98. The van der Waals surface area contributed by atoms with E-state index in [4.69, 9.17) is 15.2 Å². The van der Waals surface area contributed by atoms with Gasteiger partial charge in [-0.05, 0) is 0 Å². The molecule has 1 fully saturated rings. The van der Waals surface area contributed by atoms with Gasteiger partial charge in [0.1, 0.15) is 6.54 Å². The summed E-state index contributed by atoms with van der Waals surface area (Å²) in [4.78, 5) is 40.6. The Morgan fingerprint density at radius 2 is 1.90 bits per heavy atom. The van der Waals surface area contributed by atoms with E-state index in [1.807, 2.05) is 6.07 Å². The van der Waals surface area contributed by atoms with Crippen LogP contribution in [0.3, 0.4) is 0 Å². The Hall–Kier alpha value is -3.60. The zero-order valence-electron chi connectivity index (χ0n) is 16.5. The molecule has 0 atom stereocenters. The van der Waals surface area contributed by atoms with Crippen molar-refractivity contribution in [3.63, 3.8) is 0 Å². The number of anilines is 1. The third-order valence-corrected chi connectivity index (χ3v) is 4.40. The lowest BCUT2D eigenvalue weighted by Crippen LogP contribution is -2.44. The zero-order valence-corrected chi connectivity index (χ0v) is 16.5. The third kappa shape index (κ3) is 4.94. The molecular formula is C17H20F3N7O4. The molecule has 0 saturated carbocycles. The van der Waals surface area contributed by atoms with Crippen LogP contribution in [0.4, 0.5) is 19.1 Å². The van der Waals surface area contributed by atoms with Crippen molar-refractivity contribution in [1.29, 1.82) is 5.26 Å². The number of aromatic nitrogens is 4. The van der Waals surface area contributed by atoms with E-state index in [1.165, 1.54) is 4.57 Å². The van der Waals surface area contributed by atoms with Gasteiger partial charge in [0.2, 0.25) is 5.95 Å². The van der Waals surface area contributed by atoms with Gasteiger partial charge in [-0.25, -0.2) is 14.2 Å². The zero-order chi connectivity index (χ0) is 23.3. The molecule has 0 radical (unpaired) electrons. The molecule has 2 N–H and O–H groups in total. The molecule has 0 aromatic carbocycles. The molecule has 1 saturated heterocycles. The second kappa shape index (κ2) is 9.47. The summed E-state index contributed by atoms with van der Waals surface area (Å²) in [5.74, 6) is -2.11. The number of aryl methyl sites for hydroxylation is 1. The summed E-state index contributed by atoms with van der Waals surface area (Å²) in [6.45, 7) is 7.04. The van der Waals surface area contributed by atoms with Crippen molar-refractivity contribution in [1.82, 2.24) is 24.0 Å². The van der Waals surface area contributed by atoms with E-state index in [0.717, 1.165) is 30.7 Å². The first-order valence-corrected chi connectivity index (χ1v) is 8.98. The fraction of sp³-hybridized carbons (Fsp3) is 0.471. The smallest absolute Gasteiger partial charge is 0.475 e. The lowest BCUT2D eigenvalue weighted by atomic mass is 10.4. The molecule has 168 valence electrons. The molecular weight excluding hydrogens is 423 g/mol. The number of nitrogens with zero attached hydrogens (tertiary/aromatic N) is 6. The van der Waals surface area contributed by atoms with Gasteiger partial charge in [-0.3, -0.25) is 9.36 Å². The summed E-state index contributed by atoms with van der Waals surface area (Å²) >= 11 is 0. The SMILES string of the molecule is C=CCn1c(N2CCNCC2)nc2c1c(=O)n(CC#N)c(=O)n2C.O=C(O)C(F)(F)F. The number of carbonyl (C=O) groups is 1. The average Bonchev–Trinajstić information content (AvgIpc) is 3.10. The van der Waals surface area contributed by atoms with E-state index in [1.54, 1.807) is 17.7 Å². The largest absolute Gasteiger partial charge is 0.490 e. The summed E-state index contributed by atoms with van der Waals surface area (Å²) in [7, 11) is 1.56. The van der Waals surface area contributed by atoms with Gasteiger partial charge in [0.15, 0.2) is 11.2 Å². The number of fused-ring (bicyclic) bond motifs is 1. The highest BCUT2D eigenvalue weighted by Crippen LogP contribution is 2.20. The van der Waals surface area contributed by atoms with Crippen LogP contribution in [0.15, 0.2) is 22.2 Å². The Morgan fingerprint density at radius 1 is 1.32 bits per heavy atom. The maximum atomic E-state index is 12.8. The van der Waals surface area contributed by atoms with Crippen molar-refractivity contribution in [2.45, 2.75) is 19.3 Å². The van der Waals surface area contributed by atoms with Crippen LogP contribution in [0.2, 0.25) is 0 Å². The Morgan fingerprint density at radius 3 is 2.39 bits per heavy atom. The number of carboxylic acid groups (broad SMARTS) is 1. The number of hydrogen-bond acceptors (Lipinski definition) is 7. The van der Waals surface area contributed by atoms with E-state index < -0.39 is 23.4 Å². The predicted molar refractivity (Wildman–Crippen MR) is 104 cm³/mol. The molecule has 2 aromatic heterocycles. The van der Waals surface area contributed by atoms with Gasteiger partial charge in [0.05, 0.1) is 6.07 Å². The number of nitrogens with one attached hydrogen (secondary N) is 1. The average molecular weight is 443 g/mol. The van der Waals surface area contributed by atoms with Crippen LogP contribution in [-0.4, -0.2) is 62.1 Å². The van der Waals surface area contributed by atoms with Gasteiger partial charge in [0.25, 0.3) is 5.56 Å². The summed E-state index contributed by atoms with van der Waals surface area (Å²) in [6, 6.07) is 1.86. The standard InChI is InChI=1S/C15H19N7O2.C2HF3O2/c1-3-7-21-11-12(18-14(21)20-9-5-17-6-10-20)19(2)15(24)22(8-4-16)13(11)23;3-2(4,5)1(6)7/h3,17H,1,5-10H2,2H3;(H,6,7). The van der Waals surface area contributed by atoms with Crippen molar-refractivity contribution < 1.29 is 23.1 Å². The molecule has 0 bridgehead atoms. The van der Waals surface area contributed by atoms with Crippen molar-refractivity contribution >= 4 is 23.1 Å². The van der Waals surface area contributed by atoms with Crippen molar-refractivity contribution in [3.8, 4) is 6.07 Å². The van der Waals surface area contributed by atoms with Gasteiger partial charge in [-0.15, -0.1) is 6.58 Å². The number of piperazine rings is 1. The van der Waals surface area contributed by atoms with E-state index in [-0.39, 0.29) is 6.54 Å². The lowest BCUT2D eigenvalue weighted by Gasteiger charge is -2.28. The molecule has 0 spiro atoms. The summed E-state index contributed by atoms with van der Waals surface area (Å²) in [5.41, 5.74) is -0.384. The van der Waals surface area contributed by atoms with Crippen molar-refractivity contribution in [3.05, 3.63) is 33.5 Å². The Bertz CT molecular complexity index is 1130. The molecule has 1 aliphatic rings. The van der Waals surface area contributed by atoms with Gasteiger partial charge in [-0.2, -0.15) is 23.4 Å². The van der Waals surface area contributed by atoms with E-state index in [0.29, 0.717) is 23.7 Å². The topological polar surface area (TPSA) is 138 Å². The molecule has 3 heterocycles. The number of rotatable bonds is 4. The summed E-state index contributed by atoms with van der Waals surface area (Å²) < 4.78 is 35.8. The molecule has 0 amide bonds. The van der Waals surface area contributed by atoms with Gasteiger partial charge in [0, 0.05) is 39.8 Å². The predicted octanol–water partition coefficient (Wildman–Crippen LogP) is -0.351. The lowest BCUT2D eigenvalue weighted by molar-refractivity contribution is -0.192. The first-order chi connectivity index (χ1) is 14.5. The Kier molecular flexibility index (Phi) is 7.24. The number of hydrogen-bond donors (Lipinski definition) is 2. The highest BCUT2D eigenvalue weighted by Gasteiger charge is 2.38. The van der Waals surface area contributed by atoms with Gasteiger partial charge < -0.3 is 19.9 Å². The number of aliphatic carboxylic acids is 1. The fourth-order valence-electron chi connectivity index (χ4n) is 2.98. The van der Waals surface area contributed by atoms with Crippen LogP contribution in [0.5, 0.6) is 0 Å². The molecule has 0 unspecified atom stereocenters. The van der Waals surface area contributed by atoms with Gasteiger partial charge >= 0.3 is 17.8 Å². The number of alkyl halides is 3. The van der Waals surface area contributed by atoms with Crippen LogP contribution in [0.1, 0.15) is 0 Å². The number of nitriles is 1. The molecule has 3 rings (SSSR count). The minimum atomic E-state index is -5.08. The first kappa shape index (κ1) is 23.7. The van der Waals surface area contributed by atoms with E-state index in [2.05, 4.69) is 21.8 Å². The van der Waals surface area contributed by atoms with Crippen LogP contribution in [0, 0.1) is 11.3 Å². The second-order valence-electron chi connectivity index (χ2n) is 6.41. The van der Waals surface area contributed by atoms with Crippen molar-refractivity contribution in [2.75, 3.05) is 31.1 Å². The molecule has 14 heteroatoms. The molecule has 11 nitrogen and oxygen atoms in total. The number of halogens is 3. The highest BCUT2D eigenvalue weighted by atomic mass is 19.4. The number of imidazole rings is 1. The second-order valence-corrected chi connectivity index (χ2v) is 6.41. The van der Waals surface area contributed by atoms with E-state index in [9.17, 15) is 22.8 Å². The molecule has 1 aliphatic heterocycles. The Balaban J connectivity index is 0.000000423. The van der Waals surface area contributed by atoms with Crippen molar-refractivity contribution in [2.24, 2.45) is 7.05 Å². The molecule has 0 aliphatic carbocycles. The monoisotopic (exact) mass is 443 g/mol. The number of carboxylic acids is 1. The van der Waals surface area contributed by atoms with Gasteiger partial charge in [-0.1, -0.05) is 6.08 Å². The molecule has 2 aromatic rings. The normalized spacial score (nSPS) is 14.0. The Labute approximate surface area is 173 Å². The minimum absolute atomic E-state index is 0.288. The maximum absolute atomic E-state index is 12.8.